The Morgan fingerprint density at radius 2 is 1.56 bits per heavy atom. The van der Waals surface area contributed by atoms with Gasteiger partial charge in [0.2, 0.25) is 5.88 Å². The van der Waals surface area contributed by atoms with Crippen LogP contribution in [-0.2, 0) is 28.7 Å². The number of aryl methyl sites for hydroxylation is 1. The first-order chi connectivity index (χ1) is 33.9. The van der Waals surface area contributed by atoms with E-state index >= 15 is 22.0 Å². The zero-order valence-corrected chi connectivity index (χ0v) is 42.8. The van der Waals surface area contributed by atoms with Crippen LogP contribution in [0, 0.1) is 18.6 Å². The van der Waals surface area contributed by atoms with E-state index in [0.717, 1.165) is 18.9 Å². The van der Waals surface area contributed by atoms with Gasteiger partial charge in [-0.05, 0) is 94.5 Å². The zero-order valence-electron chi connectivity index (χ0n) is 40.6. The fourth-order valence-corrected chi connectivity index (χ4v) is 11.3. The second-order valence-electron chi connectivity index (χ2n) is 19.4. The summed E-state index contributed by atoms with van der Waals surface area (Å²) in [4.78, 5) is 35.2. The molecule has 0 bridgehead atoms. The van der Waals surface area contributed by atoms with Crippen molar-refractivity contribution in [2.24, 2.45) is 0 Å². The molecule has 3 saturated heterocycles. The number of fused-ring (bicyclic) bond motifs is 3. The van der Waals surface area contributed by atoms with Gasteiger partial charge in [0.05, 0.1) is 56.3 Å². The van der Waals surface area contributed by atoms with Gasteiger partial charge in [-0.3, -0.25) is 4.90 Å². The first-order valence-corrected chi connectivity index (χ1v) is 25.2. The van der Waals surface area contributed by atoms with E-state index in [0.29, 0.717) is 46.8 Å². The van der Waals surface area contributed by atoms with E-state index in [-0.39, 0.29) is 79.2 Å². The van der Waals surface area contributed by atoms with Crippen molar-refractivity contribution in [1.29, 1.82) is 0 Å². The molecule has 0 saturated carbocycles. The number of ether oxygens (including phenoxy) is 6. The molecule has 0 unspecified atom stereocenters. The summed E-state index contributed by atoms with van der Waals surface area (Å²) in [5.74, 6) is -1.66. The van der Waals surface area contributed by atoms with Crippen molar-refractivity contribution >= 4 is 51.1 Å². The number of benzene rings is 3. The van der Waals surface area contributed by atoms with E-state index in [1.54, 1.807) is 86.0 Å². The van der Waals surface area contributed by atoms with Gasteiger partial charge < -0.3 is 43.1 Å². The number of hydrogen-bond acceptors (Lipinski definition) is 13. The van der Waals surface area contributed by atoms with Crippen molar-refractivity contribution in [3.8, 4) is 34.6 Å². The Bertz CT molecular complexity index is 2720. The van der Waals surface area contributed by atoms with Crippen LogP contribution in [0.2, 0.25) is 0 Å². The number of amides is 1. The number of methoxy groups -OCH3 is 2. The van der Waals surface area contributed by atoms with Gasteiger partial charge >= 0.3 is 18.3 Å². The summed E-state index contributed by atoms with van der Waals surface area (Å²) in [6, 6.07) is 13.9. The summed E-state index contributed by atoms with van der Waals surface area (Å²) in [5, 5.41) is -0.0255. The molecule has 0 N–H and O–H groups in total. The predicted octanol–water partition coefficient (Wildman–Crippen LogP) is 9.77. The Balaban J connectivity index is 1.22. The molecule has 9 rings (SSSR count). The number of piperazine rings is 1. The molecule has 14 nitrogen and oxygen atoms in total. The molecule has 4 aliphatic rings. The molecule has 3 aromatic carbocycles. The number of hydrogen-bond donors (Lipinski definition) is 0. The van der Waals surface area contributed by atoms with Crippen molar-refractivity contribution in [3.63, 3.8) is 0 Å². The molecule has 6 heterocycles. The fraction of sp³-hybridized carbons (Fsp3) is 0.490. The van der Waals surface area contributed by atoms with Crippen molar-refractivity contribution in [2.45, 2.75) is 103 Å². The molecule has 380 valence electrons. The molecule has 71 heavy (non-hydrogen) atoms. The second kappa shape index (κ2) is 20.2. The fourth-order valence-electron chi connectivity index (χ4n) is 10.4. The molecule has 3 fully saturated rings. The predicted molar refractivity (Wildman–Crippen MR) is 265 cm³/mol. The largest absolute Gasteiger partial charge is 0.497 e. The molecule has 1 amide bonds. The van der Waals surface area contributed by atoms with Gasteiger partial charge in [-0.15, -0.1) is 0 Å². The Kier molecular flexibility index (Phi) is 14.4. The molecule has 0 radical (unpaired) electrons. The summed E-state index contributed by atoms with van der Waals surface area (Å²) in [7, 11) is 3.05. The minimum Gasteiger partial charge on any atom is -0.497 e. The average Bonchev–Trinajstić information content (AvgIpc) is 3.71. The lowest BCUT2D eigenvalue weighted by Crippen LogP contribution is -2.66. The Morgan fingerprint density at radius 1 is 0.901 bits per heavy atom. The summed E-state index contributed by atoms with van der Waals surface area (Å²) in [6.45, 7) is 10.7. The molecule has 4 aliphatic heterocycles. The van der Waals surface area contributed by atoms with Crippen molar-refractivity contribution in [3.05, 3.63) is 88.5 Å². The highest BCUT2D eigenvalue weighted by atomic mass is 127. The third kappa shape index (κ3) is 10.2. The molecular formula is C51H57F5IN7O7. The molecule has 0 spiro atoms. The standard InChI is InChI=1S/C51H57F5IN7O7/c1-28-22-36(61(24-30-8-14-34(66-6)15-9-30)25-31-10-16-35(67-7)17-11-31)41(52)38(40(28)51(54,55)56)43-42(53)44-39-46(60-48(59-44)69-27-33-13-12-32-26-68-21-20-62(32)33)64-19-18-63(49(65)71-50(3,4)5)37(23-57)45(64)29(2)70-47(39)58-43/h8-11,14-17,22,29,32-33,37,45H,12-13,18-21,23-27H2,1-7H3/t29-,32-,33-,37-,45+/m0/s1. The maximum atomic E-state index is 18.0. The number of pyridine rings is 1. The first-order valence-electron chi connectivity index (χ1n) is 23.6. The highest BCUT2D eigenvalue weighted by Crippen LogP contribution is 2.49. The van der Waals surface area contributed by atoms with Crippen molar-refractivity contribution in [2.75, 3.05) is 67.9 Å². The number of carbonyl (C=O) groups is 1. The van der Waals surface area contributed by atoms with E-state index < -0.39 is 70.0 Å². The van der Waals surface area contributed by atoms with E-state index in [1.165, 1.54) is 21.1 Å². The van der Waals surface area contributed by atoms with Gasteiger partial charge in [0, 0.05) is 49.2 Å². The van der Waals surface area contributed by atoms with Crippen LogP contribution in [0.1, 0.15) is 62.8 Å². The van der Waals surface area contributed by atoms with Gasteiger partial charge in [0.1, 0.15) is 52.2 Å². The van der Waals surface area contributed by atoms with Crippen LogP contribution in [0.15, 0.2) is 54.6 Å². The van der Waals surface area contributed by atoms with Crippen LogP contribution >= 0.6 is 22.6 Å². The number of halogens is 6. The molecule has 0 aliphatic carbocycles. The van der Waals surface area contributed by atoms with Crippen LogP contribution < -0.4 is 28.7 Å². The molecule has 5 atom stereocenters. The van der Waals surface area contributed by atoms with Crippen LogP contribution in [0.25, 0.3) is 22.2 Å². The summed E-state index contributed by atoms with van der Waals surface area (Å²) < 4.78 is 118. The number of morpholine rings is 1. The topological polar surface area (TPSA) is 124 Å². The normalized spacial score (nSPS) is 21.3. The molecule has 20 heteroatoms. The van der Waals surface area contributed by atoms with Gasteiger partial charge in [-0.1, -0.05) is 46.9 Å². The first kappa shape index (κ1) is 50.5. The van der Waals surface area contributed by atoms with E-state index in [2.05, 4.69) is 37.5 Å². The van der Waals surface area contributed by atoms with Crippen LogP contribution in [0.4, 0.5) is 38.3 Å². The minimum absolute atomic E-state index is 0.0255. The Morgan fingerprint density at radius 3 is 2.17 bits per heavy atom. The third-order valence-corrected chi connectivity index (χ3v) is 14.5. The lowest BCUT2D eigenvalue weighted by atomic mass is 9.95. The molecular weight excluding hydrogens is 1040 g/mol. The van der Waals surface area contributed by atoms with Crippen LogP contribution in [-0.4, -0.2) is 125 Å². The highest BCUT2D eigenvalue weighted by Gasteiger charge is 2.48. The van der Waals surface area contributed by atoms with Crippen molar-refractivity contribution in [1.82, 2.24) is 24.8 Å². The van der Waals surface area contributed by atoms with E-state index in [1.807, 2.05) is 4.90 Å². The molecule has 2 aromatic heterocycles. The van der Waals surface area contributed by atoms with Gasteiger partial charge in [-0.25, -0.2) is 18.6 Å². The minimum atomic E-state index is -5.18. The average molecular weight is 1100 g/mol. The van der Waals surface area contributed by atoms with Crippen molar-refractivity contribution < 1.29 is 55.2 Å². The maximum absolute atomic E-state index is 18.0. The summed E-state index contributed by atoms with van der Waals surface area (Å²) in [5.41, 5.74) is -3.93. The number of nitrogens with zero attached hydrogens (tertiary/aromatic N) is 7. The Labute approximate surface area is 422 Å². The third-order valence-electron chi connectivity index (χ3n) is 13.6. The van der Waals surface area contributed by atoms with E-state index in [9.17, 15) is 4.79 Å². The smallest absolute Gasteiger partial charge is 0.417 e. The number of alkyl halides is 4. The van der Waals surface area contributed by atoms with E-state index in [4.69, 9.17) is 33.4 Å². The van der Waals surface area contributed by atoms with Gasteiger partial charge in [-0.2, -0.15) is 23.1 Å². The second-order valence-corrected chi connectivity index (χ2v) is 20.3. The monoisotopic (exact) mass is 1100 g/mol. The number of carbonyl (C=O) groups excluding carboxylic acids is 1. The number of anilines is 2. The lowest BCUT2D eigenvalue weighted by molar-refractivity contribution is -0.137. The number of aromatic nitrogens is 3. The van der Waals surface area contributed by atoms with Crippen LogP contribution in [0.5, 0.6) is 23.4 Å². The quantitative estimate of drug-likeness (QED) is 0.0670. The SMILES string of the molecule is COc1ccc(CN(Cc2ccc(OC)cc2)c2cc(C)c(C(F)(F)F)c(-c3nc4c5c(nc(OC[C@@H]6CC[C@H]7COCCN76)nc5c3F)N3CCN(C(=O)OC(C)(C)C)[C@@H](CI)[C@H]3[C@H](C)O4)c2F)cc1. The Hall–Kier alpha value is -5.48. The lowest BCUT2D eigenvalue weighted by Gasteiger charge is -2.48. The summed E-state index contributed by atoms with van der Waals surface area (Å²) >= 11 is 2.19. The van der Waals surface area contributed by atoms with Gasteiger partial charge in [0.25, 0.3) is 0 Å². The van der Waals surface area contributed by atoms with Crippen LogP contribution in [0.3, 0.4) is 0 Å². The molecule has 5 aromatic rings. The summed E-state index contributed by atoms with van der Waals surface area (Å²) in [6.07, 6.45) is -4.85. The zero-order chi connectivity index (χ0) is 50.5. The van der Waals surface area contributed by atoms with Gasteiger partial charge in [0.15, 0.2) is 11.6 Å². The highest BCUT2D eigenvalue weighted by molar-refractivity contribution is 14.1. The maximum Gasteiger partial charge on any atom is 0.417 e. The number of rotatable bonds is 12.